The highest BCUT2D eigenvalue weighted by Crippen LogP contribution is 2.26. The molecule has 0 aliphatic carbocycles. The molecule has 1 N–H and O–H groups in total. The summed E-state index contributed by atoms with van der Waals surface area (Å²) in [6.45, 7) is 2.98. The molecule has 1 amide bonds. The number of likely N-dealkylation sites (tertiary alicyclic amines) is 1. The number of nitrogens with zero attached hydrogens (tertiary/aromatic N) is 3. The number of benzene rings is 1. The molecule has 0 bridgehead atoms. The molecule has 4 rings (SSSR count). The maximum Gasteiger partial charge on any atom is 0.255 e. The van der Waals surface area contributed by atoms with E-state index >= 15 is 0 Å². The van der Waals surface area contributed by atoms with Crippen LogP contribution in [0.2, 0.25) is 0 Å². The first-order valence-corrected chi connectivity index (χ1v) is 10.7. The topological polar surface area (TPSA) is 78.5 Å². The van der Waals surface area contributed by atoms with Crippen LogP contribution in [0.3, 0.4) is 0 Å². The van der Waals surface area contributed by atoms with Crippen molar-refractivity contribution in [2.45, 2.75) is 44.6 Å². The van der Waals surface area contributed by atoms with Gasteiger partial charge in [-0.15, -0.1) is 0 Å². The third-order valence-corrected chi connectivity index (χ3v) is 6.23. The van der Waals surface area contributed by atoms with Crippen molar-refractivity contribution in [2.75, 3.05) is 33.8 Å². The van der Waals surface area contributed by atoms with E-state index in [1.165, 1.54) is 0 Å². The fourth-order valence-electron chi connectivity index (χ4n) is 4.40. The van der Waals surface area contributed by atoms with E-state index in [4.69, 9.17) is 9.72 Å². The Kier molecular flexibility index (Phi) is 6.18. The van der Waals surface area contributed by atoms with E-state index in [2.05, 4.69) is 9.88 Å². The van der Waals surface area contributed by atoms with Gasteiger partial charge in [0.2, 0.25) is 5.91 Å². The van der Waals surface area contributed by atoms with Crippen LogP contribution in [0.5, 0.6) is 5.75 Å². The van der Waals surface area contributed by atoms with Crippen molar-refractivity contribution in [3.8, 4) is 5.75 Å². The summed E-state index contributed by atoms with van der Waals surface area (Å²) in [6, 6.07) is 7.86. The van der Waals surface area contributed by atoms with Gasteiger partial charge in [-0.1, -0.05) is 12.1 Å². The van der Waals surface area contributed by atoms with E-state index in [1.807, 2.05) is 36.2 Å². The van der Waals surface area contributed by atoms with Crippen molar-refractivity contribution in [2.24, 2.45) is 0 Å². The zero-order valence-corrected chi connectivity index (χ0v) is 17.8. The number of methoxy groups -OCH3 is 1. The van der Waals surface area contributed by atoms with Gasteiger partial charge in [0.15, 0.2) is 0 Å². The molecule has 1 aromatic carbocycles. The molecule has 160 valence electrons. The Hall–Kier alpha value is -2.67. The molecule has 30 heavy (non-hydrogen) atoms. The van der Waals surface area contributed by atoms with Crippen LogP contribution in [0.25, 0.3) is 0 Å². The molecule has 0 spiro atoms. The second kappa shape index (κ2) is 9.00. The Balaban J connectivity index is 1.40. The summed E-state index contributed by atoms with van der Waals surface area (Å²) in [7, 11) is 3.67. The van der Waals surface area contributed by atoms with Crippen molar-refractivity contribution in [3.05, 3.63) is 57.3 Å². The van der Waals surface area contributed by atoms with Gasteiger partial charge >= 0.3 is 0 Å². The van der Waals surface area contributed by atoms with Crippen LogP contribution in [0.4, 0.5) is 0 Å². The summed E-state index contributed by atoms with van der Waals surface area (Å²) < 4.78 is 5.18. The molecule has 2 aliphatic heterocycles. The lowest BCUT2D eigenvalue weighted by molar-refractivity contribution is -0.132. The Morgan fingerprint density at radius 2 is 2.07 bits per heavy atom. The van der Waals surface area contributed by atoms with E-state index in [-0.39, 0.29) is 17.4 Å². The average Bonchev–Trinajstić information content (AvgIpc) is 2.78. The van der Waals surface area contributed by atoms with Crippen molar-refractivity contribution in [3.63, 3.8) is 0 Å². The highest BCUT2D eigenvalue weighted by Gasteiger charge is 2.28. The fraction of sp³-hybridized carbons (Fsp3) is 0.522. The zero-order valence-electron chi connectivity index (χ0n) is 17.8. The van der Waals surface area contributed by atoms with Gasteiger partial charge in [0.1, 0.15) is 11.6 Å². The predicted molar refractivity (Wildman–Crippen MR) is 115 cm³/mol. The second-order valence-corrected chi connectivity index (χ2v) is 8.39. The summed E-state index contributed by atoms with van der Waals surface area (Å²) in [5.41, 5.74) is 2.82. The molecule has 1 atom stereocenters. The van der Waals surface area contributed by atoms with Crippen LogP contribution in [0.15, 0.2) is 29.1 Å². The van der Waals surface area contributed by atoms with E-state index in [0.29, 0.717) is 25.9 Å². The quantitative estimate of drug-likeness (QED) is 0.817. The molecular weight excluding hydrogens is 380 g/mol. The highest BCUT2D eigenvalue weighted by molar-refractivity contribution is 5.76. The zero-order chi connectivity index (χ0) is 21.1. The standard InChI is InChI=1S/C23H30N4O3/c1-26-13-11-20-19(15-26)23(29)25-22(24-20)17-4-3-12-27(14-17)21(28)10-7-16-5-8-18(30-2)9-6-16/h5-6,8-9,17H,3-4,7,10-15H2,1-2H3,(H,24,25,29). The first kappa shape index (κ1) is 20.6. The number of carbonyl (C=O) groups excluding carboxylic acids is 1. The maximum atomic E-state index is 12.8. The SMILES string of the molecule is COc1ccc(CCC(=O)N2CCCC(c3nc4c(c(=O)[nH]3)CN(C)CC4)C2)cc1. The van der Waals surface area contributed by atoms with Crippen LogP contribution >= 0.6 is 0 Å². The normalized spacial score (nSPS) is 19.4. The minimum atomic E-state index is -0.0236. The van der Waals surface area contributed by atoms with Crippen LogP contribution in [-0.4, -0.2) is 59.5 Å². The Morgan fingerprint density at radius 1 is 1.27 bits per heavy atom. The van der Waals surface area contributed by atoms with Crippen LogP contribution < -0.4 is 10.3 Å². The third kappa shape index (κ3) is 4.56. The molecule has 7 nitrogen and oxygen atoms in total. The summed E-state index contributed by atoms with van der Waals surface area (Å²) in [4.78, 5) is 37.3. The molecule has 2 aliphatic rings. The van der Waals surface area contributed by atoms with Crippen molar-refractivity contribution in [1.29, 1.82) is 0 Å². The highest BCUT2D eigenvalue weighted by atomic mass is 16.5. The number of hydrogen-bond acceptors (Lipinski definition) is 5. The fourth-order valence-corrected chi connectivity index (χ4v) is 4.40. The van der Waals surface area contributed by atoms with E-state index in [9.17, 15) is 9.59 Å². The number of nitrogens with one attached hydrogen (secondary N) is 1. The first-order chi connectivity index (χ1) is 14.5. The molecule has 0 saturated carbocycles. The molecule has 0 radical (unpaired) electrons. The minimum absolute atomic E-state index is 0.0236. The van der Waals surface area contributed by atoms with Gasteiger partial charge < -0.3 is 19.5 Å². The minimum Gasteiger partial charge on any atom is -0.497 e. The number of likely N-dealkylation sites (N-methyl/N-ethyl adjacent to an activating group) is 1. The summed E-state index contributed by atoms with van der Waals surface area (Å²) >= 11 is 0. The number of carbonyl (C=O) groups is 1. The third-order valence-electron chi connectivity index (χ3n) is 6.23. The number of piperidine rings is 1. The number of H-pyrrole nitrogens is 1. The van der Waals surface area contributed by atoms with Gasteiger partial charge in [0.05, 0.1) is 18.4 Å². The average molecular weight is 411 g/mol. The van der Waals surface area contributed by atoms with Gasteiger partial charge in [0, 0.05) is 44.9 Å². The maximum absolute atomic E-state index is 12.8. The lowest BCUT2D eigenvalue weighted by Crippen LogP contribution is -2.41. The first-order valence-electron chi connectivity index (χ1n) is 10.7. The van der Waals surface area contributed by atoms with Gasteiger partial charge in [-0.3, -0.25) is 9.59 Å². The Morgan fingerprint density at radius 3 is 2.83 bits per heavy atom. The van der Waals surface area contributed by atoms with Gasteiger partial charge in [0.25, 0.3) is 5.56 Å². The van der Waals surface area contributed by atoms with Crippen molar-refractivity contribution in [1.82, 2.24) is 19.8 Å². The number of fused-ring (bicyclic) bond motifs is 1. The van der Waals surface area contributed by atoms with Crippen LogP contribution in [-0.2, 0) is 24.2 Å². The number of aromatic amines is 1. The molecule has 1 aromatic heterocycles. The second-order valence-electron chi connectivity index (χ2n) is 8.39. The number of ether oxygens (including phenoxy) is 1. The molecule has 7 heteroatoms. The van der Waals surface area contributed by atoms with E-state index in [1.54, 1.807) is 7.11 Å². The van der Waals surface area contributed by atoms with Crippen LogP contribution in [0, 0.1) is 0 Å². The Bertz CT molecular complexity index is 954. The largest absolute Gasteiger partial charge is 0.497 e. The van der Waals surface area contributed by atoms with Gasteiger partial charge in [-0.2, -0.15) is 0 Å². The molecule has 3 heterocycles. The Labute approximate surface area is 177 Å². The lowest BCUT2D eigenvalue weighted by atomic mass is 9.96. The predicted octanol–water partition coefficient (Wildman–Crippen LogP) is 2.11. The molecular formula is C23H30N4O3. The monoisotopic (exact) mass is 410 g/mol. The molecule has 1 saturated heterocycles. The number of amides is 1. The van der Waals surface area contributed by atoms with Gasteiger partial charge in [-0.25, -0.2) is 4.98 Å². The smallest absolute Gasteiger partial charge is 0.255 e. The number of rotatable bonds is 5. The summed E-state index contributed by atoms with van der Waals surface area (Å²) in [5.74, 6) is 1.83. The molecule has 1 unspecified atom stereocenters. The molecule has 1 fully saturated rings. The summed E-state index contributed by atoms with van der Waals surface area (Å²) in [6.07, 6.45) is 3.89. The van der Waals surface area contributed by atoms with Crippen molar-refractivity contribution >= 4 is 5.91 Å². The lowest BCUT2D eigenvalue weighted by Gasteiger charge is -2.33. The number of aryl methyl sites for hydroxylation is 1. The number of aromatic nitrogens is 2. The molecule has 2 aromatic rings. The van der Waals surface area contributed by atoms with Crippen LogP contribution in [0.1, 0.15) is 47.8 Å². The summed E-state index contributed by atoms with van der Waals surface area (Å²) in [5, 5.41) is 0. The van der Waals surface area contributed by atoms with Gasteiger partial charge in [-0.05, 0) is 44.0 Å². The van der Waals surface area contributed by atoms with E-state index in [0.717, 1.165) is 60.7 Å². The van der Waals surface area contributed by atoms with Crippen molar-refractivity contribution < 1.29 is 9.53 Å². The number of hydrogen-bond donors (Lipinski definition) is 1. The van der Waals surface area contributed by atoms with E-state index < -0.39 is 0 Å².